The quantitative estimate of drug-likeness (QED) is 0.929. The maximum Gasteiger partial charge on any atom is 0.245 e. The molecule has 6 heteroatoms. The zero-order valence-electron chi connectivity index (χ0n) is 9.90. The lowest BCUT2D eigenvalue weighted by atomic mass is 10.1. The Morgan fingerprint density at radius 2 is 2.24 bits per heavy atom. The molecule has 0 radical (unpaired) electrons. The number of hydrogen-bond donors (Lipinski definition) is 1. The number of nitrogens with zero attached hydrogens (tertiary/aromatic N) is 3. The van der Waals surface area contributed by atoms with Crippen molar-refractivity contribution >= 4 is 33.5 Å². The van der Waals surface area contributed by atoms with Crippen molar-refractivity contribution in [3.63, 3.8) is 0 Å². The summed E-state index contributed by atoms with van der Waals surface area (Å²) in [6.07, 6.45) is 3.56. The van der Waals surface area contributed by atoms with E-state index in [4.69, 9.17) is 0 Å². The van der Waals surface area contributed by atoms with Gasteiger partial charge in [0.05, 0.1) is 12.7 Å². The minimum absolute atomic E-state index is 0.0268. The van der Waals surface area contributed by atoms with E-state index in [0.717, 1.165) is 18.7 Å². The maximum atomic E-state index is 11.6. The average Bonchev–Trinajstić information content (AvgIpc) is 2.31. The lowest BCUT2D eigenvalue weighted by Gasteiger charge is -2.34. The Labute approximate surface area is 109 Å². The Kier molecular flexibility index (Phi) is 3.61. The van der Waals surface area contributed by atoms with Gasteiger partial charge in [-0.05, 0) is 28.8 Å². The third-order valence-corrected chi connectivity index (χ3v) is 3.33. The van der Waals surface area contributed by atoms with E-state index in [9.17, 15) is 4.79 Å². The summed E-state index contributed by atoms with van der Waals surface area (Å²) in [5, 5.41) is 2.75. The van der Waals surface area contributed by atoms with E-state index in [2.05, 4.69) is 45.1 Å². The highest BCUT2D eigenvalue weighted by Gasteiger charge is 2.28. The number of carbonyl (C=O) groups excluding carboxylic acids is 1. The van der Waals surface area contributed by atoms with E-state index in [1.165, 1.54) is 0 Å². The van der Waals surface area contributed by atoms with E-state index >= 15 is 0 Å². The van der Waals surface area contributed by atoms with Crippen LogP contribution in [0.3, 0.4) is 0 Å². The van der Waals surface area contributed by atoms with E-state index in [1.54, 1.807) is 6.20 Å². The molecule has 1 aliphatic rings. The third kappa shape index (κ3) is 2.41. The van der Waals surface area contributed by atoms with Crippen LogP contribution in [0.25, 0.3) is 0 Å². The Morgan fingerprint density at radius 3 is 2.88 bits per heavy atom. The highest BCUT2D eigenvalue weighted by molar-refractivity contribution is 9.10. The van der Waals surface area contributed by atoms with Gasteiger partial charge in [0.2, 0.25) is 5.91 Å². The predicted octanol–water partition coefficient (Wildman–Crippen LogP) is 2.19. The van der Waals surface area contributed by atoms with Crippen LogP contribution in [0.15, 0.2) is 10.8 Å². The van der Waals surface area contributed by atoms with Crippen molar-refractivity contribution in [2.45, 2.75) is 32.7 Å². The molecule has 0 spiro atoms. The summed E-state index contributed by atoms with van der Waals surface area (Å²) in [4.78, 5) is 22.3. The summed E-state index contributed by atoms with van der Waals surface area (Å²) in [6, 6.07) is 0.323. The molecule has 0 aromatic carbocycles. The van der Waals surface area contributed by atoms with Gasteiger partial charge in [0.15, 0.2) is 11.6 Å². The van der Waals surface area contributed by atoms with E-state index in [1.807, 2.05) is 4.90 Å². The summed E-state index contributed by atoms with van der Waals surface area (Å²) in [5.74, 6) is 1.28. The number of halogens is 1. The number of amides is 1. The molecule has 0 saturated carbocycles. The molecule has 0 fully saturated rings. The van der Waals surface area contributed by atoms with Crippen LogP contribution in [0.4, 0.5) is 11.6 Å². The second kappa shape index (κ2) is 5.00. The fourth-order valence-corrected chi connectivity index (χ4v) is 2.35. The topological polar surface area (TPSA) is 58.1 Å². The van der Waals surface area contributed by atoms with Gasteiger partial charge in [0.1, 0.15) is 4.60 Å². The molecule has 0 aliphatic carbocycles. The van der Waals surface area contributed by atoms with Crippen molar-refractivity contribution in [3.05, 3.63) is 10.8 Å². The van der Waals surface area contributed by atoms with Gasteiger partial charge in [0, 0.05) is 6.04 Å². The number of fused-ring (bicyclic) bond motifs is 1. The standard InChI is InChI=1S/C11H15BrN4O/c1-3-7(4-2)16-6-9(17)15-10-11(16)14-8(12)5-13-10/h5,7H,3-4,6H2,1-2H3,(H,13,15,17). The Hall–Kier alpha value is -1.17. The van der Waals surface area contributed by atoms with Crippen molar-refractivity contribution in [2.24, 2.45) is 0 Å². The number of aromatic nitrogens is 2. The van der Waals surface area contributed by atoms with Crippen molar-refractivity contribution in [1.82, 2.24) is 9.97 Å². The largest absolute Gasteiger partial charge is 0.341 e. The first-order chi connectivity index (χ1) is 8.15. The number of nitrogens with one attached hydrogen (secondary N) is 1. The molecule has 1 N–H and O–H groups in total. The summed E-state index contributed by atoms with van der Waals surface area (Å²) in [5.41, 5.74) is 0. The first-order valence-corrected chi connectivity index (χ1v) is 6.54. The Balaban J connectivity index is 2.41. The zero-order chi connectivity index (χ0) is 12.4. The zero-order valence-corrected chi connectivity index (χ0v) is 11.5. The predicted molar refractivity (Wildman–Crippen MR) is 70.1 cm³/mol. The SMILES string of the molecule is CCC(CC)N1CC(=O)Nc2ncc(Br)nc21. The van der Waals surface area contributed by atoms with Gasteiger partial charge < -0.3 is 10.2 Å². The van der Waals surface area contributed by atoms with Gasteiger partial charge in [-0.1, -0.05) is 13.8 Å². The van der Waals surface area contributed by atoms with Gasteiger partial charge in [-0.25, -0.2) is 9.97 Å². The third-order valence-electron chi connectivity index (χ3n) is 2.95. The van der Waals surface area contributed by atoms with Crippen molar-refractivity contribution in [2.75, 3.05) is 16.8 Å². The molecular formula is C11H15BrN4O. The highest BCUT2D eigenvalue weighted by Crippen LogP contribution is 2.29. The first-order valence-electron chi connectivity index (χ1n) is 5.74. The molecule has 1 aromatic rings. The molecule has 2 rings (SSSR count). The molecule has 0 saturated heterocycles. The Morgan fingerprint density at radius 1 is 1.53 bits per heavy atom. The van der Waals surface area contributed by atoms with Gasteiger partial charge in [0.25, 0.3) is 0 Å². The molecule has 0 atom stereocenters. The smallest absolute Gasteiger partial charge is 0.245 e. The van der Waals surface area contributed by atoms with Gasteiger partial charge >= 0.3 is 0 Å². The second-order valence-corrected chi connectivity index (χ2v) is 4.82. The fraction of sp³-hybridized carbons (Fsp3) is 0.545. The highest BCUT2D eigenvalue weighted by atomic mass is 79.9. The van der Waals surface area contributed by atoms with Crippen LogP contribution in [0.1, 0.15) is 26.7 Å². The van der Waals surface area contributed by atoms with Crippen molar-refractivity contribution in [1.29, 1.82) is 0 Å². The normalized spacial score (nSPS) is 14.8. The minimum Gasteiger partial charge on any atom is -0.341 e. The summed E-state index contributed by atoms with van der Waals surface area (Å²) in [7, 11) is 0. The van der Waals surface area contributed by atoms with Crippen molar-refractivity contribution in [3.8, 4) is 0 Å². The molecule has 5 nitrogen and oxygen atoms in total. The maximum absolute atomic E-state index is 11.6. The molecule has 17 heavy (non-hydrogen) atoms. The summed E-state index contributed by atoms with van der Waals surface area (Å²) in [6.45, 7) is 4.59. The molecule has 2 heterocycles. The van der Waals surface area contributed by atoms with Crippen LogP contribution in [0, 0.1) is 0 Å². The van der Waals surface area contributed by atoms with Gasteiger partial charge in [-0.3, -0.25) is 4.79 Å². The van der Waals surface area contributed by atoms with E-state index in [0.29, 0.717) is 23.0 Å². The van der Waals surface area contributed by atoms with Crippen LogP contribution in [-0.4, -0.2) is 28.5 Å². The molecule has 0 bridgehead atoms. The van der Waals surface area contributed by atoms with Crippen molar-refractivity contribution < 1.29 is 4.79 Å². The van der Waals surface area contributed by atoms with Crippen LogP contribution >= 0.6 is 15.9 Å². The Bertz CT molecular complexity index is 433. The van der Waals surface area contributed by atoms with Gasteiger partial charge in [-0.2, -0.15) is 0 Å². The van der Waals surface area contributed by atoms with Crippen LogP contribution in [-0.2, 0) is 4.79 Å². The number of rotatable bonds is 3. The first kappa shape index (κ1) is 12.3. The lowest BCUT2D eigenvalue weighted by molar-refractivity contribution is -0.115. The molecular weight excluding hydrogens is 284 g/mol. The number of hydrogen-bond acceptors (Lipinski definition) is 4. The average molecular weight is 299 g/mol. The van der Waals surface area contributed by atoms with Gasteiger partial charge in [-0.15, -0.1) is 0 Å². The van der Waals surface area contributed by atoms with Crippen LogP contribution in [0.2, 0.25) is 0 Å². The number of carbonyl (C=O) groups is 1. The molecule has 92 valence electrons. The molecule has 0 unspecified atom stereocenters. The van der Waals surface area contributed by atoms with Crippen LogP contribution < -0.4 is 10.2 Å². The molecule has 1 aliphatic heterocycles. The van der Waals surface area contributed by atoms with E-state index < -0.39 is 0 Å². The monoisotopic (exact) mass is 298 g/mol. The lowest BCUT2D eigenvalue weighted by Crippen LogP contribution is -2.45. The van der Waals surface area contributed by atoms with E-state index in [-0.39, 0.29) is 5.91 Å². The summed E-state index contributed by atoms with van der Waals surface area (Å²) >= 11 is 3.31. The molecule has 1 aromatic heterocycles. The number of anilines is 2. The second-order valence-electron chi connectivity index (χ2n) is 4.01. The molecule has 1 amide bonds. The minimum atomic E-state index is -0.0268. The fourth-order valence-electron chi connectivity index (χ4n) is 2.08. The van der Waals surface area contributed by atoms with Crippen LogP contribution in [0.5, 0.6) is 0 Å². The summed E-state index contributed by atoms with van der Waals surface area (Å²) < 4.78 is 0.684.